The van der Waals surface area contributed by atoms with Gasteiger partial charge in [-0.1, -0.05) is 31.2 Å². The Kier molecular flexibility index (Phi) is 8.14. The number of carbonyl (C=O) groups is 3. The summed E-state index contributed by atoms with van der Waals surface area (Å²) in [5.74, 6) is -2.47. The second kappa shape index (κ2) is 11.5. The van der Waals surface area contributed by atoms with Crippen molar-refractivity contribution in [1.29, 1.82) is 0 Å². The number of nitrogens with zero attached hydrogens (tertiary/aromatic N) is 2. The summed E-state index contributed by atoms with van der Waals surface area (Å²) < 4.78 is 23.4. The first-order valence-electron chi connectivity index (χ1n) is 11.9. The SMILES string of the molecule is CCc1ccc(N(C(=O)c2snc(C(N)=O)c2N)[C@H](C(=O)NC[C@H]2CCCO2)c2ccc(F)cc2)cc1. The molecule has 4 rings (SSSR count). The fraction of sp³-hybridized carbons (Fsp3) is 0.308. The van der Waals surface area contributed by atoms with Gasteiger partial charge in [0.1, 0.15) is 16.7 Å². The Hall–Kier alpha value is -3.83. The zero-order chi connectivity index (χ0) is 26.5. The number of nitrogens with one attached hydrogen (secondary N) is 1. The molecular weight excluding hydrogens is 497 g/mol. The Bertz CT molecular complexity index is 1270. The fourth-order valence-corrected chi connectivity index (χ4v) is 4.94. The normalized spacial score (nSPS) is 15.8. The fourth-order valence-electron chi connectivity index (χ4n) is 4.19. The number of hydrogen-bond acceptors (Lipinski definition) is 7. The van der Waals surface area contributed by atoms with E-state index in [-0.39, 0.29) is 28.9 Å². The largest absolute Gasteiger partial charge is 0.395 e. The van der Waals surface area contributed by atoms with Crippen LogP contribution in [0.25, 0.3) is 0 Å². The number of nitrogens with two attached hydrogens (primary N) is 2. The molecule has 0 bridgehead atoms. The number of rotatable bonds is 9. The number of carbonyl (C=O) groups excluding carboxylic acids is 3. The lowest BCUT2D eigenvalue weighted by Crippen LogP contribution is -2.45. The highest BCUT2D eigenvalue weighted by atomic mass is 32.1. The molecule has 11 heteroatoms. The number of anilines is 2. The van der Waals surface area contributed by atoms with E-state index in [0.717, 1.165) is 36.4 Å². The van der Waals surface area contributed by atoms with Gasteiger partial charge in [-0.05, 0) is 66.2 Å². The molecule has 2 heterocycles. The van der Waals surface area contributed by atoms with Crippen LogP contribution in [-0.4, -0.2) is 41.4 Å². The first-order valence-corrected chi connectivity index (χ1v) is 12.7. The molecule has 1 aliphatic heterocycles. The van der Waals surface area contributed by atoms with Gasteiger partial charge in [-0.15, -0.1) is 0 Å². The molecule has 1 fully saturated rings. The smallest absolute Gasteiger partial charge is 0.273 e. The van der Waals surface area contributed by atoms with Crippen molar-refractivity contribution in [3.05, 3.63) is 76.0 Å². The maximum atomic E-state index is 14.0. The summed E-state index contributed by atoms with van der Waals surface area (Å²) in [7, 11) is 0. The zero-order valence-corrected chi connectivity index (χ0v) is 21.1. The van der Waals surface area contributed by atoms with Crippen LogP contribution in [0.5, 0.6) is 0 Å². The molecule has 2 atom stereocenters. The molecular formula is C26H28FN5O4S. The van der Waals surface area contributed by atoms with E-state index in [0.29, 0.717) is 17.9 Å². The van der Waals surface area contributed by atoms with E-state index in [9.17, 15) is 18.8 Å². The maximum absolute atomic E-state index is 14.0. The van der Waals surface area contributed by atoms with Crippen molar-refractivity contribution in [2.45, 2.75) is 38.3 Å². The van der Waals surface area contributed by atoms with Gasteiger partial charge in [0.15, 0.2) is 5.69 Å². The summed E-state index contributed by atoms with van der Waals surface area (Å²) in [4.78, 5) is 40.6. The van der Waals surface area contributed by atoms with E-state index in [1.807, 2.05) is 19.1 Å². The molecule has 0 radical (unpaired) electrons. The Morgan fingerprint density at radius 3 is 2.46 bits per heavy atom. The van der Waals surface area contributed by atoms with E-state index in [4.69, 9.17) is 16.2 Å². The van der Waals surface area contributed by atoms with Crippen LogP contribution >= 0.6 is 11.5 Å². The van der Waals surface area contributed by atoms with E-state index in [2.05, 4.69) is 9.69 Å². The lowest BCUT2D eigenvalue weighted by atomic mass is 10.0. The van der Waals surface area contributed by atoms with E-state index < -0.39 is 29.6 Å². The Morgan fingerprint density at radius 1 is 1.19 bits per heavy atom. The Morgan fingerprint density at radius 2 is 1.89 bits per heavy atom. The molecule has 0 saturated carbocycles. The summed E-state index contributed by atoms with van der Waals surface area (Å²) in [5, 5.41) is 2.89. The third kappa shape index (κ3) is 5.78. The number of amides is 3. The standard InChI is InChI=1S/C26H28FN5O4S/c1-2-15-5-11-18(12-6-15)32(26(35)23-20(28)21(24(29)33)31-37-23)22(16-7-9-17(27)10-8-16)25(34)30-14-19-4-3-13-36-19/h5-12,19,22H,2-4,13-14,28H2,1H3,(H2,29,33)(H,30,34)/t19-,22+/m1/s1. The van der Waals surface area contributed by atoms with Gasteiger partial charge in [0.05, 0.1) is 11.8 Å². The number of aromatic nitrogens is 1. The third-order valence-electron chi connectivity index (χ3n) is 6.22. The van der Waals surface area contributed by atoms with Crippen molar-refractivity contribution in [2.24, 2.45) is 5.73 Å². The molecule has 5 N–H and O–H groups in total. The molecule has 3 amide bonds. The van der Waals surface area contributed by atoms with E-state index in [1.165, 1.54) is 29.2 Å². The van der Waals surface area contributed by atoms with Gasteiger partial charge in [-0.3, -0.25) is 19.3 Å². The van der Waals surface area contributed by atoms with Gasteiger partial charge in [0, 0.05) is 18.8 Å². The number of benzene rings is 2. The zero-order valence-electron chi connectivity index (χ0n) is 20.3. The summed E-state index contributed by atoms with van der Waals surface area (Å²) in [5.41, 5.74) is 12.9. The molecule has 9 nitrogen and oxygen atoms in total. The first kappa shape index (κ1) is 26.2. The maximum Gasteiger partial charge on any atom is 0.273 e. The van der Waals surface area contributed by atoms with Crippen molar-refractivity contribution >= 4 is 40.6 Å². The Labute approximate surface area is 217 Å². The van der Waals surface area contributed by atoms with Gasteiger partial charge in [-0.25, -0.2) is 4.39 Å². The van der Waals surface area contributed by atoms with Crippen LogP contribution in [0.2, 0.25) is 0 Å². The molecule has 0 aliphatic carbocycles. The second-order valence-corrected chi connectivity index (χ2v) is 9.44. The van der Waals surface area contributed by atoms with Gasteiger partial charge in [0.25, 0.3) is 11.8 Å². The summed E-state index contributed by atoms with van der Waals surface area (Å²) in [6.07, 6.45) is 2.38. The second-order valence-electron chi connectivity index (χ2n) is 8.67. The number of hydrogen-bond donors (Lipinski definition) is 3. The predicted octanol–water partition coefficient (Wildman–Crippen LogP) is 3.21. The van der Waals surface area contributed by atoms with Crippen molar-refractivity contribution in [3.63, 3.8) is 0 Å². The summed E-state index contributed by atoms with van der Waals surface area (Å²) >= 11 is 0.725. The topological polar surface area (TPSA) is 141 Å². The van der Waals surface area contributed by atoms with Gasteiger partial charge in [0.2, 0.25) is 5.91 Å². The quantitative estimate of drug-likeness (QED) is 0.392. The average Bonchev–Trinajstić information content (AvgIpc) is 3.56. The van der Waals surface area contributed by atoms with Crippen molar-refractivity contribution in [2.75, 3.05) is 23.8 Å². The minimum absolute atomic E-state index is 0.0348. The summed E-state index contributed by atoms with van der Waals surface area (Å²) in [6, 6.07) is 11.4. The average molecular weight is 526 g/mol. The lowest BCUT2D eigenvalue weighted by molar-refractivity contribution is -0.123. The van der Waals surface area contributed by atoms with Crippen molar-refractivity contribution in [1.82, 2.24) is 9.69 Å². The minimum atomic E-state index is -1.18. The van der Waals surface area contributed by atoms with Crippen LogP contribution in [0.15, 0.2) is 48.5 Å². The predicted molar refractivity (Wildman–Crippen MR) is 139 cm³/mol. The van der Waals surface area contributed by atoms with Crippen LogP contribution in [0, 0.1) is 5.82 Å². The first-order chi connectivity index (χ1) is 17.8. The molecule has 0 spiro atoms. The van der Waals surface area contributed by atoms with E-state index >= 15 is 0 Å². The highest BCUT2D eigenvalue weighted by Gasteiger charge is 2.36. The van der Waals surface area contributed by atoms with Gasteiger partial charge >= 0.3 is 0 Å². The molecule has 37 heavy (non-hydrogen) atoms. The molecule has 1 aromatic heterocycles. The molecule has 3 aromatic rings. The number of aryl methyl sites for hydroxylation is 1. The summed E-state index contributed by atoms with van der Waals surface area (Å²) in [6.45, 7) is 2.90. The van der Waals surface area contributed by atoms with Crippen LogP contribution in [0.1, 0.15) is 57.1 Å². The minimum Gasteiger partial charge on any atom is -0.395 e. The highest BCUT2D eigenvalue weighted by Crippen LogP contribution is 2.33. The van der Waals surface area contributed by atoms with Crippen LogP contribution < -0.4 is 21.7 Å². The third-order valence-corrected chi connectivity index (χ3v) is 7.07. The highest BCUT2D eigenvalue weighted by molar-refractivity contribution is 7.09. The molecule has 1 aliphatic rings. The molecule has 1 saturated heterocycles. The van der Waals surface area contributed by atoms with Crippen molar-refractivity contribution in [3.8, 4) is 0 Å². The van der Waals surface area contributed by atoms with Crippen LogP contribution in [-0.2, 0) is 16.0 Å². The van der Waals surface area contributed by atoms with E-state index in [1.54, 1.807) is 12.1 Å². The monoisotopic (exact) mass is 525 g/mol. The number of nitrogen functional groups attached to an aromatic ring is 1. The molecule has 2 aromatic carbocycles. The van der Waals surface area contributed by atoms with Crippen molar-refractivity contribution < 1.29 is 23.5 Å². The number of ether oxygens (including phenoxy) is 1. The van der Waals surface area contributed by atoms with Gasteiger partial charge in [-0.2, -0.15) is 4.37 Å². The Balaban J connectivity index is 1.80. The molecule has 0 unspecified atom stereocenters. The van der Waals surface area contributed by atoms with Crippen LogP contribution in [0.3, 0.4) is 0 Å². The van der Waals surface area contributed by atoms with Gasteiger partial charge < -0.3 is 21.5 Å². The number of halogens is 1. The lowest BCUT2D eigenvalue weighted by Gasteiger charge is -2.31. The molecule has 194 valence electrons. The number of primary amides is 1. The van der Waals surface area contributed by atoms with Crippen LogP contribution in [0.4, 0.5) is 15.8 Å².